The second kappa shape index (κ2) is 9.91. The molecule has 0 fully saturated rings. The Morgan fingerprint density at radius 1 is 0.971 bits per heavy atom. The summed E-state index contributed by atoms with van der Waals surface area (Å²) in [6, 6.07) is 15.5. The maximum Gasteiger partial charge on any atom is 0.220 e. The van der Waals surface area contributed by atoms with Gasteiger partial charge in [-0.15, -0.1) is 10.2 Å². The molecule has 4 rings (SSSR count). The lowest BCUT2D eigenvalue weighted by Gasteiger charge is -2.16. The van der Waals surface area contributed by atoms with E-state index in [0.29, 0.717) is 29.4 Å². The number of carbonyl (C=O) groups is 1. The Hall–Kier alpha value is -3.94. The quantitative estimate of drug-likeness (QED) is 0.424. The number of nitrogens with one attached hydrogen (secondary N) is 1. The van der Waals surface area contributed by atoms with Crippen LogP contribution in [0.2, 0.25) is 0 Å². The van der Waals surface area contributed by atoms with E-state index < -0.39 is 0 Å². The lowest BCUT2D eigenvalue weighted by Crippen LogP contribution is -2.27. The molecule has 0 saturated carbocycles. The number of rotatable bonds is 8. The number of methoxy groups -OCH3 is 2. The van der Waals surface area contributed by atoms with Crippen molar-refractivity contribution in [1.82, 2.24) is 25.1 Å². The van der Waals surface area contributed by atoms with Crippen molar-refractivity contribution in [2.45, 2.75) is 39.7 Å². The van der Waals surface area contributed by atoms with Gasteiger partial charge in [0.15, 0.2) is 23.0 Å². The molecule has 4 aromatic rings. The fraction of sp³-hybridized carbons (Fsp3) is 0.308. The van der Waals surface area contributed by atoms with Gasteiger partial charge in [-0.25, -0.2) is 0 Å². The van der Waals surface area contributed by atoms with E-state index in [1.807, 2.05) is 37.3 Å². The Balaban J connectivity index is 1.44. The number of aromatic nitrogens is 4. The molecule has 1 N–H and O–H groups in total. The van der Waals surface area contributed by atoms with Gasteiger partial charge < -0.3 is 14.8 Å². The normalized spacial score (nSPS) is 11.9. The molecule has 34 heavy (non-hydrogen) atoms. The van der Waals surface area contributed by atoms with Crippen LogP contribution in [-0.2, 0) is 11.2 Å². The van der Waals surface area contributed by atoms with Crippen LogP contribution in [0.1, 0.15) is 41.9 Å². The van der Waals surface area contributed by atoms with Gasteiger partial charge in [-0.2, -0.15) is 9.61 Å². The van der Waals surface area contributed by atoms with E-state index in [4.69, 9.17) is 14.6 Å². The summed E-state index contributed by atoms with van der Waals surface area (Å²) in [6.45, 7) is 6.11. The van der Waals surface area contributed by atoms with Crippen molar-refractivity contribution in [3.63, 3.8) is 0 Å². The molecule has 0 radical (unpaired) electrons. The fourth-order valence-corrected chi connectivity index (χ4v) is 3.79. The van der Waals surface area contributed by atoms with Crippen LogP contribution in [0, 0.1) is 13.8 Å². The number of amides is 1. The van der Waals surface area contributed by atoms with Gasteiger partial charge in [0.1, 0.15) is 0 Å². The molecule has 0 bridgehead atoms. The summed E-state index contributed by atoms with van der Waals surface area (Å²) in [5.74, 6) is 1.84. The summed E-state index contributed by atoms with van der Waals surface area (Å²) in [7, 11) is 3.18. The van der Waals surface area contributed by atoms with Gasteiger partial charge in [0.05, 0.1) is 26.0 Å². The maximum atomic E-state index is 12.6. The first-order valence-electron chi connectivity index (χ1n) is 11.2. The second-order valence-corrected chi connectivity index (χ2v) is 8.31. The standard InChI is InChI=1S/C26H29N5O3/c1-16-6-7-20(14-17(16)2)21-9-11-24-28-29-25(31(24)30-21)12-13-26(32)27-18(3)19-8-10-22(33-4)23(15-19)34-5/h6-11,14-15,18H,12-13H2,1-5H3,(H,27,32). The zero-order valence-corrected chi connectivity index (χ0v) is 20.1. The van der Waals surface area contributed by atoms with E-state index in [0.717, 1.165) is 16.8 Å². The van der Waals surface area contributed by atoms with Crippen LogP contribution in [0.25, 0.3) is 16.9 Å². The molecule has 2 aromatic carbocycles. The van der Waals surface area contributed by atoms with E-state index >= 15 is 0 Å². The molecule has 1 amide bonds. The minimum Gasteiger partial charge on any atom is -0.493 e. The molecule has 0 aliphatic carbocycles. The van der Waals surface area contributed by atoms with Gasteiger partial charge in [-0.1, -0.05) is 18.2 Å². The SMILES string of the molecule is COc1ccc(C(C)NC(=O)CCc2nnc3ccc(-c4ccc(C)c(C)c4)nn23)cc1OC. The largest absolute Gasteiger partial charge is 0.493 e. The fourth-order valence-electron chi connectivity index (χ4n) is 3.79. The summed E-state index contributed by atoms with van der Waals surface area (Å²) < 4.78 is 12.4. The Morgan fingerprint density at radius 3 is 2.50 bits per heavy atom. The van der Waals surface area contributed by atoms with Gasteiger partial charge >= 0.3 is 0 Å². The monoisotopic (exact) mass is 459 g/mol. The third-order valence-electron chi connectivity index (χ3n) is 5.99. The first-order chi connectivity index (χ1) is 16.4. The molecule has 0 saturated heterocycles. The van der Waals surface area contributed by atoms with Crippen LogP contribution < -0.4 is 14.8 Å². The van der Waals surface area contributed by atoms with Crippen LogP contribution in [0.5, 0.6) is 11.5 Å². The summed E-state index contributed by atoms with van der Waals surface area (Å²) in [5, 5.41) is 16.2. The molecule has 0 aliphatic rings. The molecule has 0 spiro atoms. The zero-order chi connectivity index (χ0) is 24.2. The van der Waals surface area contributed by atoms with Crippen LogP contribution in [-0.4, -0.2) is 39.9 Å². The molecule has 8 nitrogen and oxygen atoms in total. The number of nitrogens with zero attached hydrogens (tertiary/aromatic N) is 4. The molecule has 1 atom stereocenters. The highest BCUT2D eigenvalue weighted by Crippen LogP contribution is 2.30. The molecule has 0 aliphatic heterocycles. The molecular weight excluding hydrogens is 430 g/mol. The van der Waals surface area contributed by atoms with Crippen molar-refractivity contribution < 1.29 is 14.3 Å². The van der Waals surface area contributed by atoms with Crippen LogP contribution >= 0.6 is 0 Å². The third-order valence-corrected chi connectivity index (χ3v) is 5.99. The maximum absolute atomic E-state index is 12.6. The third kappa shape index (κ3) is 4.85. The summed E-state index contributed by atoms with van der Waals surface area (Å²) >= 11 is 0. The van der Waals surface area contributed by atoms with E-state index in [1.165, 1.54) is 11.1 Å². The number of benzene rings is 2. The lowest BCUT2D eigenvalue weighted by atomic mass is 10.0. The minimum absolute atomic E-state index is 0.0793. The first kappa shape index (κ1) is 23.2. The van der Waals surface area contributed by atoms with Crippen molar-refractivity contribution in [3.05, 3.63) is 71.0 Å². The highest BCUT2D eigenvalue weighted by atomic mass is 16.5. The minimum atomic E-state index is -0.183. The van der Waals surface area contributed by atoms with Crippen molar-refractivity contribution >= 4 is 11.6 Å². The van der Waals surface area contributed by atoms with Gasteiger partial charge in [0.2, 0.25) is 5.91 Å². The molecule has 8 heteroatoms. The van der Waals surface area contributed by atoms with Gasteiger partial charge in [0.25, 0.3) is 0 Å². The molecule has 176 valence electrons. The van der Waals surface area contributed by atoms with Gasteiger partial charge in [-0.05, 0) is 67.8 Å². The van der Waals surface area contributed by atoms with Crippen molar-refractivity contribution in [1.29, 1.82) is 0 Å². The van der Waals surface area contributed by atoms with Crippen molar-refractivity contribution in [2.24, 2.45) is 0 Å². The number of fused-ring (bicyclic) bond motifs is 1. The number of hydrogen-bond donors (Lipinski definition) is 1. The Bertz CT molecular complexity index is 1330. The van der Waals surface area contributed by atoms with Gasteiger partial charge in [-0.3, -0.25) is 4.79 Å². The second-order valence-electron chi connectivity index (χ2n) is 8.31. The van der Waals surface area contributed by atoms with Crippen LogP contribution in [0.3, 0.4) is 0 Å². The predicted molar refractivity (Wildman–Crippen MR) is 130 cm³/mol. The van der Waals surface area contributed by atoms with E-state index in [1.54, 1.807) is 18.7 Å². The predicted octanol–water partition coefficient (Wildman–Crippen LogP) is 4.24. The first-order valence-corrected chi connectivity index (χ1v) is 11.2. The zero-order valence-electron chi connectivity index (χ0n) is 20.1. The lowest BCUT2D eigenvalue weighted by molar-refractivity contribution is -0.121. The smallest absolute Gasteiger partial charge is 0.220 e. The van der Waals surface area contributed by atoms with E-state index in [2.05, 4.69) is 47.6 Å². The number of hydrogen-bond acceptors (Lipinski definition) is 6. The average molecular weight is 460 g/mol. The van der Waals surface area contributed by atoms with Crippen LogP contribution in [0.15, 0.2) is 48.5 Å². The van der Waals surface area contributed by atoms with Crippen molar-refractivity contribution in [3.8, 4) is 22.8 Å². The van der Waals surface area contributed by atoms with Crippen LogP contribution in [0.4, 0.5) is 0 Å². The van der Waals surface area contributed by atoms with Gasteiger partial charge in [0, 0.05) is 18.4 Å². The summed E-state index contributed by atoms with van der Waals surface area (Å²) in [4.78, 5) is 12.6. The number of ether oxygens (including phenoxy) is 2. The van der Waals surface area contributed by atoms with E-state index in [9.17, 15) is 4.79 Å². The Morgan fingerprint density at radius 2 is 1.76 bits per heavy atom. The Kier molecular flexibility index (Phi) is 6.77. The highest BCUT2D eigenvalue weighted by molar-refractivity contribution is 5.76. The highest BCUT2D eigenvalue weighted by Gasteiger charge is 2.15. The Labute approximate surface area is 198 Å². The van der Waals surface area contributed by atoms with Crippen molar-refractivity contribution in [2.75, 3.05) is 14.2 Å². The molecule has 1 unspecified atom stereocenters. The average Bonchev–Trinajstić information content (AvgIpc) is 3.26. The summed E-state index contributed by atoms with van der Waals surface area (Å²) in [5.41, 5.74) is 5.90. The summed E-state index contributed by atoms with van der Waals surface area (Å²) in [6.07, 6.45) is 0.697. The molecule has 2 heterocycles. The number of carbonyl (C=O) groups excluding carboxylic acids is 1. The topological polar surface area (TPSA) is 90.6 Å². The molecule has 2 aromatic heterocycles. The van der Waals surface area contributed by atoms with E-state index in [-0.39, 0.29) is 18.4 Å². The molecular formula is C26H29N5O3. The number of aryl methyl sites for hydroxylation is 3.